The number of terminal acetylenes is 2. The van der Waals surface area contributed by atoms with Crippen molar-refractivity contribution in [3.05, 3.63) is 0 Å². The van der Waals surface area contributed by atoms with Crippen LogP contribution in [0, 0.1) is 71.5 Å². The summed E-state index contributed by atoms with van der Waals surface area (Å²) in [6.45, 7) is 4.39. The molecule has 0 unspecified atom stereocenters. The molecule has 0 saturated carbocycles. The van der Waals surface area contributed by atoms with Gasteiger partial charge < -0.3 is 0 Å². The zero-order valence-corrected chi connectivity index (χ0v) is 17.3. The first-order chi connectivity index (χ1) is 12.7. The highest BCUT2D eigenvalue weighted by Gasteiger charge is 2.27. The van der Waals surface area contributed by atoms with Crippen LogP contribution in [0.25, 0.3) is 0 Å². The van der Waals surface area contributed by atoms with E-state index in [1.165, 1.54) is 57.8 Å². The summed E-state index contributed by atoms with van der Waals surface area (Å²) in [5, 5.41) is 0. The van der Waals surface area contributed by atoms with Crippen LogP contribution in [0.2, 0.25) is 0 Å². The number of unbranched alkanes of at least 4 members (excludes halogenated alkanes) is 9. The molecule has 0 saturated heterocycles. The molecule has 0 atom stereocenters. The lowest BCUT2D eigenvalue weighted by Crippen LogP contribution is -1.93. The highest BCUT2D eigenvalue weighted by Crippen LogP contribution is 2.53. The third-order valence-electron chi connectivity index (χ3n) is 3.96. The molecule has 0 nitrogen and oxygen atoms in total. The van der Waals surface area contributed by atoms with Crippen LogP contribution < -0.4 is 0 Å². The van der Waals surface area contributed by atoms with Gasteiger partial charge in [-0.05, 0) is 36.5 Å². The van der Waals surface area contributed by atoms with E-state index in [2.05, 4.69) is 72.3 Å². The average molecular weight is 361 g/mol. The minimum Gasteiger partial charge on any atom is -0.106 e. The second kappa shape index (κ2) is 17.6. The van der Waals surface area contributed by atoms with Crippen LogP contribution in [0.1, 0.15) is 71.1 Å². The molecule has 0 aliphatic carbocycles. The molecular weight excluding hydrogens is 331 g/mol. The van der Waals surface area contributed by atoms with Crippen molar-refractivity contribution < 1.29 is 0 Å². The molecule has 26 heavy (non-hydrogen) atoms. The smallest absolute Gasteiger partial charge is 0.106 e. The molecule has 0 fully saturated rings. The van der Waals surface area contributed by atoms with E-state index in [1.54, 1.807) is 0 Å². The van der Waals surface area contributed by atoms with Gasteiger partial charge in [0.25, 0.3) is 0 Å². The Labute approximate surface area is 163 Å². The fourth-order valence-corrected chi connectivity index (χ4v) is 4.23. The molecule has 0 amide bonds. The Bertz CT molecular complexity index is 661. The molecule has 0 aliphatic heterocycles. The van der Waals surface area contributed by atoms with Crippen LogP contribution in [0.3, 0.4) is 0 Å². The molecule has 0 heterocycles. The lowest BCUT2D eigenvalue weighted by molar-refractivity contribution is 0.563. The minimum absolute atomic E-state index is 1.01. The lowest BCUT2D eigenvalue weighted by atomic mass is 10.1. The summed E-state index contributed by atoms with van der Waals surface area (Å²) in [5.41, 5.74) is 6.48. The molecule has 0 aromatic carbocycles. The van der Waals surface area contributed by atoms with Gasteiger partial charge in [0, 0.05) is 23.7 Å². The van der Waals surface area contributed by atoms with Crippen LogP contribution in [-0.2, 0) is 0 Å². The van der Waals surface area contributed by atoms with E-state index < -0.39 is 7.26 Å². The SMILES string of the molecule is C#CC#CC#C[P+](C)(C#CC#CC#C)CCCCCCCCCCCC. The largest absolute Gasteiger partial charge is 0.168 e. The van der Waals surface area contributed by atoms with Gasteiger partial charge in [0.1, 0.15) is 11.3 Å². The van der Waals surface area contributed by atoms with Crippen LogP contribution in [0.5, 0.6) is 0 Å². The van der Waals surface area contributed by atoms with Gasteiger partial charge in [0.05, 0.1) is 12.8 Å². The van der Waals surface area contributed by atoms with Crippen molar-refractivity contribution in [2.75, 3.05) is 12.8 Å². The van der Waals surface area contributed by atoms with Crippen molar-refractivity contribution in [3.8, 4) is 71.5 Å². The maximum atomic E-state index is 5.12. The number of hydrogen-bond donors (Lipinski definition) is 0. The highest BCUT2D eigenvalue weighted by atomic mass is 31.2. The van der Waals surface area contributed by atoms with Gasteiger partial charge in [-0.2, -0.15) is 0 Å². The maximum Gasteiger partial charge on any atom is 0.168 e. The summed E-state index contributed by atoms with van der Waals surface area (Å²) < 4.78 is 0. The van der Waals surface area contributed by atoms with Crippen LogP contribution in [0.15, 0.2) is 0 Å². The summed E-state index contributed by atoms with van der Waals surface area (Å²) in [4.78, 5) is 0. The van der Waals surface area contributed by atoms with Gasteiger partial charge in [-0.1, -0.05) is 58.3 Å². The third kappa shape index (κ3) is 15.3. The van der Waals surface area contributed by atoms with Crippen molar-refractivity contribution in [1.82, 2.24) is 0 Å². The first kappa shape index (κ1) is 23.8. The number of hydrogen-bond acceptors (Lipinski definition) is 0. The lowest BCUT2D eigenvalue weighted by Gasteiger charge is -2.07. The average Bonchev–Trinajstić information content (AvgIpc) is 2.64. The van der Waals surface area contributed by atoms with E-state index in [4.69, 9.17) is 12.8 Å². The molecule has 0 N–H and O–H groups in total. The number of rotatable bonds is 11. The third-order valence-corrected chi connectivity index (χ3v) is 6.38. The second-order valence-corrected chi connectivity index (χ2v) is 9.64. The Balaban J connectivity index is 4.30. The van der Waals surface area contributed by atoms with Crippen molar-refractivity contribution >= 4 is 7.26 Å². The van der Waals surface area contributed by atoms with E-state index in [-0.39, 0.29) is 0 Å². The highest BCUT2D eigenvalue weighted by molar-refractivity contribution is 7.84. The minimum atomic E-state index is -1.69. The second-order valence-electron chi connectivity index (χ2n) is 6.36. The summed E-state index contributed by atoms with van der Waals surface area (Å²) in [5.74, 6) is 20.7. The maximum absolute atomic E-state index is 5.12. The van der Waals surface area contributed by atoms with Crippen LogP contribution in [-0.4, -0.2) is 12.8 Å². The van der Waals surface area contributed by atoms with E-state index in [1.807, 2.05) is 0 Å². The molecule has 0 aromatic heterocycles. The van der Waals surface area contributed by atoms with Crippen molar-refractivity contribution in [2.24, 2.45) is 0 Å². The first-order valence-corrected chi connectivity index (χ1v) is 11.9. The first-order valence-electron chi connectivity index (χ1n) is 9.50. The van der Waals surface area contributed by atoms with Gasteiger partial charge in [0.2, 0.25) is 0 Å². The Hall–Kier alpha value is -2.21. The van der Waals surface area contributed by atoms with E-state index in [9.17, 15) is 0 Å². The zero-order chi connectivity index (χ0) is 19.3. The Morgan fingerprint density at radius 1 is 0.577 bits per heavy atom. The van der Waals surface area contributed by atoms with Crippen molar-refractivity contribution in [2.45, 2.75) is 71.1 Å². The van der Waals surface area contributed by atoms with Gasteiger partial charge in [0.15, 0.2) is 7.26 Å². The summed E-state index contributed by atoms with van der Waals surface area (Å²) in [6, 6.07) is 0. The summed E-state index contributed by atoms with van der Waals surface area (Å²) in [6.07, 6.45) is 24.5. The van der Waals surface area contributed by atoms with Gasteiger partial charge in [-0.25, -0.2) is 0 Å². The molecule has 1 heteroatoms. The van der Waals surface area contributed by atoms with E-state index >= 15 is 0 Å². The summed E-state index contributed by atoms with van der Waals surface area (Å²) in [7, 11) is -1.69. The molecule has 0 radical (unpaired) electrons. The normalized spacial score (nSPS) is 8.77. The molecule has 0 rings (SSSR count). The van der Waals surface area contributed by atoms with Crippen LogP contribution in [0.4, 0.5) is 0 Å². The molecule has 134 valence electrons. The zero-order valence-electron chi connectivity index (χ0n) is 16.4. The Morgan fingerprint density at radius 3 is 1.42 bits per heavy atom. The molecule has 0 bridgehead atoms. The quantitative estimate of drug-likeness (QED) is 0.250. The molecule has 0 spiro atoms. The molecule has 0 aromatic rings. The molecular formula is C25H30P+. The van der Waals surface area contributed by atoms with Gasteiger partial charge >= 0.3 is 0 Å². The Morgan fingerprint density at radius 2 is 1.00 bits per heavy atom. The topological polar surface area (TPSA) is 0 Å². The predicted molar refractivity (Wildman–Crippen MR) is 118 cm³/mol. The van der Waals surface area contributed by atoms with Crippen LogP contribution >= 0.6 is 7.26 Å². The standard InChI is InChI=1S/C25H30P/c1-5-8-11-14-15-16-17-18-19-22-25-26(4,23-20-12-9-6-2)24-21-13-10-7-3/h2-3H,5,8,11,14-19,22,25H2,1,4H3/q+1. The van der Waals surface area contributed by atoms with Gasteiger partial charge in [-0.3, -0.25) is 0 Å². The Kier molecular flexibility index (Phi) is 16.1. The summed E-state index contributed by atoms with van der Waals surface area (Å²) >= 11 is 0. The fraction of sp³-hybridized carbons (Fsp3) is 0.520. The van der Waals surface area contributed by atoms with E-state index in [0.29, 0.717) is 0 Å². The van der Waals surface area contributed by atoms with E-state index in [0.717, 1.165) is 12.6 Å². The monoisotopic (exact) mass is 361 g/mol. The van der Waals surface area contributed by atoms with Crippen molar-refractivity contribution in [1.29, 1.82) is 0 Å². The fourth-order valence-electron chi connectivity index (χ4n) is 2.49. The van der Waals surface area contributed by atoms with Gasteiger partial charge in [-0.15, -0.1) is 12.8 Å². The molecule has 0 aliphatic rings. The van der Waals surface area contributed by atoms with Crippen molar-refractivity contribution in [3.63, 3.8) is 0 Å². The predicted octanol–water partition coefficient (Wildman–Crippen LogP) is 5.75.